The van der Waals surface area contributed by atoms with Crippen molar-refractivity contribution in [2.45, 2.75) is 24.8 Å². The third-order valence-corrected chi connectivity index (χ3v) is 2.42. The third kappa shape index (κ3) is 3.58. The molecule has 0 bridgehead atoms. The van der Waals surface area contributed by atoms with Crippen molar-refractivity contribution in [3.8, 4) is 0 Å². The molecule has 98 valence electrons. The summed E-state index contributed by atoms with van der Waals surface area (Å²) in [6.07, 6.45) is 0.224. The zero-order valence-electron chi connectivity index (χ0n) is 9.28. The van der Waals surface area contributed by atoms with Gasteiger partial charge in [-0.25, -0.2) is 8.78 Å². The number of ether oxygens (including phenoxy) is 1. The van der Waals surface area contributed by atoms with Gasteiger partial charge in [0.1, 0.15) is 0 Å². The summed E-state index contributed by atoms with van der Waals surface area (Å²) in [5.74, 6) is -1.98. The predicted octanol–water partition coefficient (Wildman–Crippen LogP) is 1.35. The van der Waals surface area contributed by atoms with Gasteiger partial charge in [-0.05, 0) is 0 Å². The number of methoxy groups -OCH3 is 1. The van der Waals surface area contributed by atoms with E-state index in [4.69, 9.17) is 9.26 Å². The molecule has 0 radical (unpaired) electrons. The van der Waals surface area contributed by atoms with Gasteiger partial charge in [0.2, 0.25) is 5.89 Å². The van der Waals surface area contributed by atoms with E-state index in [0.717, 1.165) is 0 Å². The van der Waals surface area contributed by atoms with Crippen molar-refractivity contribution in [2.75, 3.05) is 20.3 Å². The summed E-state index contributed by atoms with van der Waals surface area (Å²) in [4.78, 5) is 4.04. The van der Waals surface area contributed by atoms with Crippen molar-refractivity contribution < 1.29 is 18.0 Å². The summed E-state index contributed by atoms with van der Waals surface area (Å²) in [6, 6.07) is -0.543. The summed E-state index contributed by atoms with van der Waals surface area (Å²) < 4.78 is 35.6. The van der Waals surface area contributed by atoms with E-state index in [1.165, 1.54) is 0 Å². The van der Waals surface area contributed by atoms with Crippen LogP contribution in [-0.2, 0) is 11.2 Å². The van der Waals surface area contributed by atoms with Gasteiger partial charge in [0.05, 0.1) is 19.2 Å². The van der Waals surface area contributed by atoms with Gasteiger partial charge >= 0.3 is 0 Å². The molecule has 1 aliphatic rings. The van der Waals surface area contributed by atoms with Crippen molar-refractivity contribution in [1.29, 1.82) is 0 Å². The fourth-order valence-electron chi connectivity index (χ4n) is 1.59. The standard InChI is InChI=1S/C9H13F2N3O2.ClH/c1-15-3-2-7-13-8(16-14-7)6-4-9(10,11)5-12-6;/h6,12H,2-5H2,1H3;1H/t6-;/m0./s1. The number of alkyl halides is 2. The Labute approximate surface area is 103 Å². The van der Waals surface area contributed by atoms with Gasteiger partial charge in [0.25, 0.3) is 5.92 Å². The number of aromatic nitrogens is 2. The zero-order valence-corrected chi connectivity index (χ0v) is 10.1. The van der Waals surface area contributed by atoms with Crippen LogP contribution in [0.3, 0.4) is 0 Å². The Kier molecular flexibility index (Phi) is 4.79. The van der Waals surface area contributed by atoms with Gasteiger partial charge < -0.3 is 9.26 Å². The van der Waals surface area contributed by atoms with Crippen LogP contribution in [0.4, 0.5) is 8.78 Å². The highest BCUT2D eigenvalue weighted by molar-refractivity contribution is 5.85. The molecular weight excluding hydrogens is 256 g/mol. The van der Waals surface area contributed by atoms with E-state index < -0.39 is 12.0 Å². The molecule has 0 aromatic carbocycles. The fraction of sp³-hybridized carbons (Fsp3) is 0.778. The highest BCUT2D eigenvalue weighted by atomic mass is 35.5. The topological polar surface area (TPSA) is 60.2 Å². The molecular formula is C9H14ClF2N3O2. The molecule has 0 aliphatic carbocycles. The fourth-order valence-corrected chi connectivity index (χ4v) is 1.59. The normalized spacial score (nSPS) is 22.4. The van der Waals surface area contributed by atoms with E-state index in [-0.39, 0.29) is 31.3 Å². The van der Waals surface area contributed by atoms with E-state index in [9.17, 15) is 8.78 Å². The van der Waals surface area contributed by atoms with E-state index >= 15 is 0 Å². The molecule has 0 amide bonds. The van der Waals surface area contributed by atoms with Gasteiger partial charge in [-0.1, -0.05) is 5.16 Å². The van der Waals surface area contributed by atoms with Crippen LogP contribution >= 0.6 is 12.4 Å². The maximum absolute atomic E-state index is 12.9. The van der Waals surface area contributed by atoms with Gasteiger partial charge in [0.15, 0.2) is 5.82 Å². The Morgan fingerprint density at radius 3 is 2.94 bits per heavy atom. The average Bonchev–Trinajstić information content (AvgIpc) is 2.81. The summed E-state index contributed by atoms with van der Waals surface area (Å²) in [5.41, 5.74) is 0. The number of rotatable bonds is 4. The molecule has 0 saturated carbocycles. The van der Waals surface area contributed by atoms with E-state index in [1.807, 2.05) is 0 Å². The van der Waals surface area contributed by atoms with Gasteiger partial charge in [-0.15, -0.1) is 12.4 Å². The second kappa shape index (κ2) is 5.70. The minimum absolute atomic E-state index is 0. The van der Waals surface area contributed by atoms with Crippen molar-refractivity contribution in [3.05, 3.63) is 11.7 Å². The van der Waals surface area contributed by atoms with E-state index in [0.29, 0.717) is 18.9 Å². The molecule has 8 heteroatoms. The molecule has 1 N–H and O–H groups in total. The largest absolute Gasteiger partial charge is 0.384 e. The highest BCUT2D eigenvalue weighted by Crippen LogP contribution is 2.32. The average molecular weight is 270 g/mol. The lowest BCUT2D eigenvalue weighted by Gasteiger charge is -2.04. The Balaban J connectivity index is 0.00000144. The van der Waals surface area contributed by atoms with E-state index in [2.05, 4.69) is 15.5 Å². The number of nitrogens with zero attached hydrogens (tertiary/aromatic N) is 2. The van der Waals surface area contributed by atoms with Crippen molar-refractivity contribution in [3.63, 3.8) is 0 Å². The molecule has 1 aliphatic heterocycles. The van der Waals surface area contributed by atoms with Crippen LogP contribution in [0.15, 0.2) is 4.52 Å². The van der Waals surface area contributed by atoms with Crippen molar-refractivity contribution in [1.82, 2.24) is 15.5 Å². The lowest BCUT2D eigenvalue weighted by molar-refractivity contribution is 0.0200. The highest BCUT2D eigenvalue weighted by Gasteiger charge is 2.42. The lowest BCUT2D eigenvalue weighted by Crippen LogP contribution is -2.19. The molecule has 0 unspecified atom stereocenters. The first-order chi connectivity index (χ1) is 7.61. The molecule has 1 aromatic heterocycles. The Hall–Kier alpha value is -0.790. The number of hydrogen-bond donors (Lipinski definition) is 1. The minimum Gasteiger partial charge on any atom is -0.384 e. The summed E-state index contributed by atoms with van der Waals surface area (Å²) >= 11 is 0. The molecule has 17 heavy (non-hydrogen) atoms. The molecule has 2 heterocycles. The van der Waals surface area contributed by atoms with Crippen LogP contribution < -0.4 is 5.32 Å². The van der Waals surface area contributed by atoms with Crippen LogP contribution in [-0.4, -0.2) is 36.3 Å². The SMILES string of the molecule is COCCc1noc([C@@H]2CC(F)(F)CN2)n1.Cl. The maximum atomic E-state index is 12.9. The molecule has 1 saturated heterocycles. The van der Waals surface area contributed by atoms with Gasteiger partial charge in [0, 0.05) is 20.0 Å². The Bertz CT molecular complexity index is 362. The predicted molar refractivity (Wildman–Crippen MR) is 57.4 cm³/mol. The number of halogens is 3. The Morgan fingerprint density at radius 2 is 2.35 bits per heavy atom. The Morgan fingerprint density at radius 1 is 1.59 bits per heavy atom. The lowest BCUT2D eigenvalue weighted by atomic mass is 10.2. The third-order valence-electron chi connectivity index (χ3n) is 2.42. The minimum atomic E-state index is -2.69. The van der Waals surface area contributed by atoms with Crippen molar-refractivity contribution >= 4 is 12.4 Å². The molecule has 2 rings (SSSR count). The summed E-state index contributed by atoms with van der Waals surface area (Å²) in [5, 5.41) is 6.35. The number of nitrogens with one attached hydrogen (secondary N) is 1. The molecule has 0 spiro atoms. The van der Waals surface area contributed by atoms with Crippen molar-refractivity contribution in [2.24, 2.45) is 0 Å². The summed E-state index contributed by atoms with van der Waals surface area (Å²) in [7, 11) is 1.57. The van der Waals surface area contributed by atoms with Gasteiger partial charge in [-0.3, -0.25) is 5.32 Å². The zero-order chi connectivity index (χ0) is 11.6. The van der Waals surface area contributed by atoms with Gasteiger partial charge in [-0.2, -0.15) is 4.98 Å². The number of hydrogen-bond acceptors (Lipinski definition) is 5. The first-order valence-electron chi connectivity index (χ1n) is 5.03. The van der Waals surface area contributed by atoms with Crippen LogP contribution in [0.2, 0.25) is 0 Å². The summed E-state index contributed by atoms with van der Waals surface area (Å²) in [6.45, 7) is 0.140. The smallest absolute Gasteiger partial charge is 0.262 e. The molecule has 5 nitrogen and oxygen atoms in total. The quantitative estimate of drug-likeness (QED) is 0.894. The van der Waals surface area contributed by atoms with Crippen LogP contribution in [0.1, 0.15) is 24.2 Å². The first kappa shape index (κ1) is 14.3. The molecule has 1 atom stereocenters. The van der Waals surface area contributed by atoms with Crippen LogP contribution in [0.25, 0.3) is 0 Å². The second-order valence-corrected chi connectivity index (χ2v) is 3.79. The molecule has 1 aromatic rings. The molecule has 1 fully saturated rings. The van der Waals surface area contributed by atoms with Crippen LogP contribution in [0.5, 0.6) is 0 Å². The second-order valence-electron chi connectivity index (χ2n) is 3.79. The van der Waals surface area contributed by atoms with E-state index in [1.54, 1.807) is 7.11 Å². The monoisotopic (exact) mass is 269 g/mol. The maximum Gasteiger partial charge on any atom is 0.262 e. The van der Waals surface area contributed by atoms with Crippen LogP contribution in [0, 0.1) is 0 Å². The first-order valence-corrected chi connectivity index (χ1v) is 5.03.